The average molecular weight is 527 g/mol. The monoisotopic (exact) mass is 526 g/mol. The number of hydrogen-bond donors (Lipinski definition) is 2. The predicted molar refractivity (Wildman–Crippen MR) is 155 cm³/mol. The number of nitrogens with zero attached hydrogens (tertiary/aromatic N) is 3. The molecule has 7 heteroatoms. The Kier molecular flexibility index (Phi) is 6.34. The van der Waals surface area contributed by atoms with Gasteiger partial charge in [-0.05, 0) is 75.3 Å². The van der Waals surface area contributed by atoms with E-state index in [-0.39, 0.29) is 0 Å². The molecular formula is C31H34N4O2S. The van der Waals surface area contributed by atoms with Crippen LogP contribution in [0.15, 0.2) is 30.3 Å². The molecular weight excluding hydrogens is 492 g/mol. The number of rotatable bonds is 6. The van der Waals surface area contributed by atoms with E-state index in [1.165, 1.54) is 54.3 Å². The van der Waals surface area contributed by atoms with Gasteiger partial charge in [0.15, 0.2) is 5.82 Å². The van der Waals surface area contributed by atoms with E-state index in [9.17, 15) is 9.90 Å². The van der Waals surface area contributed by atoms with Crippen LogP contribution in [0.3, 0.4) is 0 Å². The first-order chi connectivity index (χ1) is 18.4. The van der Waals surface area contributed by atoms with Crippen LogP contribution >= 0.6 is 11.3 Å². The molecule has 0 saturated heterocycles. The molecule has 0 atom stereocenters. The number of imidazole rings is 1. The smallest absolute Gasteiger partial charge is 0.335 e. The summed E-state index contributed by atoms with van der Waals surface area (Å²) in [4.78, 5) is 26.2. The molecule has 1 saturated carbocycles. The first kappa shape index (κ1) is 24.9. The second-order valence-corrected chi connectivity index (χ2v) is 11.9. The molecule has 5 aromatic rings. The Bertz CT molecular complexity index is 1680. The van der Waals surface area contributed by atoms with Crippen LogP contribution in [0.5, 0.6) is 0 Å². The maximum absolute atomic E-state index is 11.9. The minimum absolute atomic E-state index is 0.341. The molecule has 38 heavy (non-hydrogen) atoms. The van der Waals surface area contributed by atoms with Crippen molar-refractivity contribution in [3.63, 3.8) is 0 Å². The largest absolute Gasteiger partial charge is 0.478 e. The first-order valence-corrected chi connectivity index (χ1v) is 14.5. The van der Waals surface area contributed by atoms with Gasteiger partial charge in [0.25, 0.3) is 0 Å². The molecule has 0 radical (unpaired) electrons. The summed E-state index contributed by atoms with van der Waals surface area (Å²) in [5, 5.41) is 12.0. The van der Waals surface area contributed by atoms with Gasteiger partial charge in [-0.1, -0.05) is 38.3 Å². The number of aromatic amines is 1. The number of nitrogens with one attached hydrogen (secondary N) is 1. The molecule has 0 bridgehead atoms. The van der Waals surface area contributed by atoms with Crippen molar-refractivity contribution < 1.29 is 9.90 Å². The van der Waals surface area contributed by atoms with Crippen LogP contribution in [-0.2, 0) is 6.54 Å². The van der Waals surface area contributed by atoms with Gasteiger partial charge in [0.2, 0.25) is 0 Å². The lowest BCUT2D eigenvalue weighted by molar-refractivity contribution is 0.0697. The highest BCUT2D eigenvalue weighted by atomic mass is 32.1. The first-order valence-electron chi connectivity index (χ1n) is 13.7. The van der Waals surface area contributed by atoms with Crippen LogP contribution in [-0.4, -0.2) is 30.6 Å². The Hall–Kier alpha value is -3.45. The topological polar surface area (TPSA) is 83.8 Å². The van der Waals surface area contributed by atoms with Gasteiger partial charge in [0.05, 0.1) is 37.9 Å². The summed E-state index contributed by atoms with van der Waals surface area (Å²) < 4.78 is 2.38. The standard InChI is InChI=1S/C31H34N4O2S/c1-5-15-35-25-16-21(31(36)37)11-12-23(25)26(20-9-7-6-8-10-20)28(35)22-13-14-24-27(17(22)2)34-30(33-24)29-18(3)32-19(4)38-29/h11-14,16,20H,5-10,15H2,1-4H3,(H,33,34)(H,36,37). The lowest BCUT2D eigenvalue weighted by Gasteiger charge is -2.24. The van der Waals surface area contributed by atoms with E-state index >= 15 is 0 Å². The molecule has 0 unspecified atom stereocenters. The SMILES string of the molecule is CCCn1c(-c2ccc3[nH]c(-c4sc(C)nc4C)nc3c2C)c(C2CCCCC2)c2ccc(C(=O)O)cc21. The normalized spacial score (nSPS) is 14.6. The predicted octanol–water partition coefficient (Wildman–Crippen LogP) is 8.39. The van der Waals surface area contributed by atoms with Gasteiger partial charge < -0.3 is 14.7 Å². The lowest BCUT2D eigenvalue weighted by Crippen LogP contribution is -2.08. The van der Waals surface area contributed by atoms with Crippen molar-refractivity contribution in [1.29, 1.82) is 0 Å². The van der Waals surface area contributed by atoms with E-state index in [0.29, 0.717) is 11.5 Å². The van der Waals surface area contributed by atoms with Crippen molar-refractivity contribution in [2.24, 2.45) is 0 Å². The molecule has 1 aliphatic rings. The number of thiazole rings is 1. The summed E-state index contributed by atoms with van der Waals surface area (Å²) in [6.45, 7) is 9.27. The molecule has 6 nitrogen and oxygen atoms in total. The number of carboxylic acids is 1. The zero-order chi connectivity index (χ0) is 26.6. The summed E-state index contributed by atoms with van der Waals surface area (Å²) in [7, 11) is 0. The molecule has 0 spiro atoms. The van der Waals surface area contributed by atoms with E-state index < -0.39 is 5.97 Å². The lowest BCUT2D eigenvalue weighted by atomic mass is 9.81. The highest BCUT2D eigenvalue weighted by Crippen LogP contribution is 2.46. The molecule has 3 heterocycles. The van der Waals surface area contributed by atoms with Crippen molar-refractivity contribution in [2.45, 2.75) is 78.7 Å². The van der Waals surface area contributed by atoms with Gasteiger partial charge in [0.1, 0.15) is 0 Å². The quantitative estimate of drug-likeness (QED) is 0.233. The van der Waals surface area contributed by atoms with Gasteiger partial charge in [0, 0.05) is 23.0 Å². The third-order valence-corrected chi connectivity index (χ3v) is 9.17. The van der Waals surface area contributed by atoms with E-state index in [1.54, 1.807) is 17.4 Å². The Morgan fingerprint density at radius 3 is 2.58 bits per heavy atom. The van der Waals surface area contributed by atoms with Gasteiger partial charge in [-0.25, -0.2) is 14.8 Å². The number of aryl methyl sites for hydroxylation is 4. The number of aromatic nitrogens is 4. The highest BCUT2D eigenvalue weighted by molar-refractivity contribution is 7.15. The summed E-state index contributed by atoms with van der Waals surface area (Å²) in [6, 6.07) is 10.1. The van der Waals surface area contributed by atoms with E-state index in [1.807, 2.05) is 26.0 Å². The molecule has 0 amide bonds. The van der Waals surface area contributed by atoms with Crippen LogP contribution in [0.2, 0.25) is 0 Å². The fourth-order valence-electron chi connectivity index (χ4n) is 6.39. The zero-order valence-corrected chi connectivity index (χ0v) is 23.3. The Balaban J connectivity index is 1.62. The van der Waals surface area contributed by atoms with Crippen molar-refractivity contribution in [2.75, 3.05) is 0 Å². The van der Waals surface area contributed by atoms with Crippen LogP contribution in [0.4, 0.5) is 0 Å². The Morgan fingerprint density at radius 2 is 1.89 bits per heavy atom. The Labute approximate surface area is 226 Å². The van der Waals surface area contributed by atoms with E-state index in [2.05, 4.69) is 40.5 Å². The van der Waals surface area contributed by atoms with Crippen LogP contribution in [0.1, 0.15) is 83.6 Å². The second kappa shape index (κ2) is 9.70. The van der Waals surface area contributed by atoms with Crippen molar-refractivity contribution in [3.05, 3.63) is 57.7 Å². The number of carbonyl (C=O) groups is 1. The summed E-state index contributed by atoms with van der Waals surface area (Å²) >= 11 is 1.67. The van der Waals surface area contributed by atoms with Gasteiger partial charge in [-0.15, -0.1) is 11.3 Å². The number of carboxylic acid groups (broad SMARTS) is 1. The number of fused-ring (bicyclic) bond motifs is 2. The molecule has 6 rings (SSSR count). The third kappa shape index (κ3) is 4.04. The maximum atomic E-state index is 11.9. The number of H-pyrrole nitrogens is 1. The van der Waals surface area contributed by atoms with Crippen LogP contribution < -0.4 is 0 Å². The zero-order valence-electron chi connectivity index (χ0n) is 22.5. The number of benzene rings is 2. The molecule has 2 aromatic carbocycles. The van der Waals surface area contributed by atoms with Gasteiger partial charge >= 0.3 is 5.97 Å². The second-order valence-electron chi connectivity index (χ2n) is 10.7. The molecule has 196 valence electrons. The summed E-state index contributed by atoms with van der Waals surface area (Å²) in [5.74, 6) is 0.464. The van der Waals surface area contributed by atoms with Gasteiger partial charge in [-0.3, -0.25) is 0 Å². The highest BCUT2D eigenvalue weighted by Gasteiger charge is 2.28. The van der Waals surface area contributed by atoms with Crippen molar-refractivity contribution in [1.82, 2.24) is 19.5 Å². The van der Waals surface area contributed by atoms with Crippen LogP contribution in [0, 0.1) is 20.8 Å². The molecule has 3 aromatic heterocycles. The molecule has 1 fully saturated rings. The molecule has 1 aliphatic carbocycles. The minimum Gasteiger partial charge on any atom is -0.478 e. The third-order valence-electron chi connectivity index (χ3n) is 8.09. The number of aromatic carboxylic acids is 1. The maximum Gasteiger partial charge on any atom is 0.335 e. The summed E-state index contributed by atoms with van der Waals surface area (Å²) in [6.07, 6.45) is 7.10. The van der Waals surface area contributed by atoms with Crippen molar-refractivity contribution >= 4 is 39.2 Å². The van der Waals surface area contributed by atoms with Crippen LogP contribution in [0.25, 0.3) is 43.9 Å². The summed E-state index contributed by atoms with van der Waals surface area (Å²) in [5.41, 5.74) is 9.35. The average Bonchev–Trinajstić information content (AvgIpc) is 3.58. The van der Waals surface area contributed by atoms with Gasteiger partial charge in [-0.2, -0.15) is 0 Å². The van der Waals surface area contributed by atoms with Crippen molar-refractivity contribution in [3.8, 4) is 22.0 Å². The minimum atomic E-state index is -0.882. The van der Waals surface area contributed by atoms with E-state index in [0.717, 1.165) is 56.5 Å². The van der Waals surface area contributed by atoms with E-state index in [4.69, 9.17) is 4.98 Å². The molecule has 2 N–H and O–H groups in total. The molecule has 0 aliphatic heterocycles. The number of hydrogen-bond acceptors (Lipinski definition) is 4. The fraction of sp³-hybridized carbons (Fsp3) is 0.387. The fourth-order valence-corrected chi connectivity index (χ4v) is 7.25. The Morgan fingerprint density at radius 1 is 1.11 bits per heavy atom.